The molecule has 0 radical (unpaired) electrons. The fourth-order valence-corrected chi connectivity index (χ4v) is 3.80. The average molecular weight is 323 g/mol. The summed E-state index contributed by atoms with van der Waals surface area (Å²) >= 11 is 1.68. The minimum absolute atomic E-state index is 0.135. The fourth-order valence-electron chi connectivity index (χ4n) is 2.81. The van der Waals surface area contributed by atoms with Crippen LogP contribution in [0, 0.1) is 25.2 Å². The van der Waals surface area contributed by atoms with Crippen LogP contribution in [0.5, 0.6) is 0 Å². The van der Waals surface area contributed by atoms with E-state index in [2.05, 4.69) is 69.4 Å². The van der Waals surface area contributed by atoms with Gasteiger partial charge in [-0.15, -0.1) is 11.3 Å². The molecule has 2 aromatic heterocycles. The summed E-state index contributed by atoms with van der Waals surface area (Å²) < 4.78 is 2.14. The molecule has 0 N–H and O–H groups in total. The number of rotatable bonds is 2. The van der Waals surface area contributed by atoms with Crippen molar-refractivity contribution >= 4 is 16.3 Å². The molecule has 0 amide bonds. The lowest BCUT2D eigenvalue weighted by atomic mass is 9.86. The van der Waals surface area contributed by atoms with E-state index in [1.54, 1.807) is 11.3 Å². The van der Waals surface area contributed by atoms with Crippen molar-refractivity contribution in [1.82, 2.24) is 9.38 Å². The maximum atomic E-state index is 9.23. The highest BCUT2D eigenvalue weighted by molar-refractivity contribution is 7.17. The van der Waals surface area contributed by atoms with Gasteiger partial charge in [-0.1, -0.05) is 45.0 Å². The zero-order chi connectivity index (χ0) is 16.8. The van der Waals surface area contributed by atoms with Crippen molar-refractivity contribution in [3.05, 3.63) is 46.1 Å². The summed E-state index contributed by atoms with van der Waals surface area (Å²) in [6.45, 7) is 10.8. The van der Waals surface area contributed by atoms with Crippen molar-refractivity contribution in [1.29, 1.82) is 5.26 Å². The summed E-state index contributed by atoms with van der Waals surface area (Å²) in [4.78, 5) is 7.03. The molecule has 0 fully saturated rings. The lowest BCUT2D eigenvalue weighted by Gasteiger charge is -2.19. The van der Waals surface area contributed by atoms with E-state index in [4.69, 9.17) is 4.98 Å². The van der Waals surface area contributed by atoms with Crippen LogP contribution in [0.2, 0.25) is 0 Å². The van der Waals surface area contributed by atoms with Crippen LogP contribution >= 0.6 is 11.3 Å². The standard InChI is InChI=1S/C19H21N3S/c1-12-13(2)23-18-21-17(16(10-11-20)22(12)18)14-6-8-15(9-7-14)19(3,4)5/h6-9H,10H2,1-5H3. The topological polar surface area (TPSA) is 41.1 Å². The van der Waals surface area contributed by atoms with Gasteiger partial charge in [0.25, 0.3) is 0 Å². The van der Waals surface area contributed by atoms with Crippen molar-refractivity contribution in [2.24, 2.45) is 0 Å². The second-order valence-electron chi connectivity index (χ2n) is 6.93. The zero-order valence-corrected chi connectivity index (χ0v) is 15.1. The SMILES string of the molecule is Cc1sc2nc(-c3ccc(C(C)(C)C)cc3)c(CC#N)n2c1C. The number of fused-ring (bicyclic) bond motifs is 1. The Balaban J connectivity index is 2.16. The molecule has 0 aliphatic rings. The maximum Gasteiger partial charge on any atom is 0.194 e. The van der Waals surface area contributed by atoms with Gasteiger partial charge in [0.1, 0.15) is 0 Å². The summed E-state index contributed by atoms with van der Waals surface area (Å²) in [6.07, 6.45) is 0.370. The Kier molecular flexibility index (Phi) is 3.77. The first-order valence-electron chi connectivity index (χ1n) is 7.78. The predicted molar refractivity (Wildman–Crippen MR) is 96.0 cm³/mol. The molecule has 1 aromatic carbocycles. The lowest BCUT2D eigenvalue weighted by Crippen LogP contribution is -2.10. The summed E-state index contributed by atoms with van der Waals surface area (Å²) in [5, 5.41) is 9.23. The van der Waals surface area contributed by atoms with Crippen LogP contribution in [0.4, 0.5) is 0 Å². The zero-order valence-electron chi connectivity index (χ0n) is 14.3. The highest BCUT2D eigenvalue weighted by Gasteiger charge is 2.19. The van der Waals surface area contributed by atoms with Crippen molar-refractivity contribution in [2.75, 3.05) is 0 Å². The molecule has 2 heterocycles. The van der Waals surface area contributed by atoms with Gasteiger partial charge in [0, 0.05) is 16.1 Å². The molecule has 0 atom stereocenters. The number of nitrogens with zero attached hydrogens (tertiary/aromatic N) is 3. The van der Waals surface area contributed by atoms with E-state index in [9.17, 15) is 5.26 Å². The van der Waals surface area contributed by atoms with Gasteiger partial charge in [-0.05, 0) is 24.8 Å². The number of nitriles is 1. The number of thiazole rings is 1. The Labute approximate surface area is 141 Å². The van der Waals surface area contributed by atoms with E-state index in [0.29, 0.717) is 6.42 Å². The molecule has 0 aliphatic heterocycles. The van der Waals surface area contributed by atoms with Gasteiger partial charge in [0.15, 0.2) is 4.96 Å². The van der Waals surface area contributed by atoms with E-state index in [1.165, 1.54) is 16.1 Å². The molecule has 0 bridgehead atoms. The minimum Gasteiger partial charge on any atom is -0.290 e. The number of aryl methyl sites for hydroxylation is 2. The number of aromatic nitrogens is 2. The van der Waals surface area contributed by atoms with E-state index in [-0.39, 0.29) is 5.41 Å². The molecule has 0 saturated heterocycles. The summed E-state index contributed by atoms with van der Waals surface area (Å²) in [5.74, 6) is 0. The first-order chi connectivity index (χ1) is 10.8. The normalized spacial score (nSPS) is 11.8. The summed E-state index contributed by atoms with van der Waals surface area (Å²) in [5.41, 5.74) is 5.62. The van der Waals surface area contributed by atoms with Gasteiger partial charge in [0.05, 0.1) is 23.9 Å². The van der Waals surface area contributed by atoms with Gasteiger partial charge < -0.3 is 0 Å². The molecule has 0 unspecified atom stereocenters. The second kappa shape index (κ2) is 5.50. The van der Waals surface area contributed by atoms with E-state index in [0.717, 1.165) is 21.9 Å². The molecular weight excluding hydrogens is 302 g/mol. The fraction of sp³-hybridized carbons (Fsp3) is 0.368. The number of imidazole rings is 1. The number of hydrogen-bond acceptors (Lipinski definition) is 3. The van der Waals surface area contributed by atoms with Gasteiger partial charge in [-0.25, -0.2) is 4.98 Å². The Bertz CT molecular complexity index is 899. The molecule has 23 heavy (non-hydrogen) atoms. The molecule has 4 heteroatoms. The first kappa shape index (κ1) is 15.8. The van der Waals surface area contributed by atoms with Crippen LogP contribution in [0.3, 0.4) is 0 Å². The Morgan fingerprint density at radius 1 is 1.17 bits per heavy atom. The lowest BCUT2D eigenvalue weighted by molar-refractivity contribution is 0.590. The van der Waals surface area contributed by atoms with Crippen LogP contribution in [0.15, 0.2) is 24.3 Å². The van der Waals surface area contributed by atoms with Crippen molar-refractivity contribution in [3.8, 4) is 17.3 Å². The molecule has 118 valence electrons. The Morgan fingerprint density at radius 2 is 1.83 bits per heavy atom. The molecule has 0 spiro atoms. The van der Waals surface area contributed by atoms with Gasteiger partial charge >= 0.3 is 0 Å². The molecular formula is C19H21N3S. The van der Waals surface area contributed by atoms with Gasteiger partial charge in [-0.2, -0.15) is 5.26 Å². The van der Waals surface area contributed by atoms with E-state index >= 15 is 0 Å². The summed E-state index contributed by atoms with van der Waals surface area (Å²) in [6, 6.07) is 10.9. The quantitative estimate of drug-likeness (QED) is 0.662. The third-order valence-electron chi connectivity index (χ3n) is 4.30. The van der Waals surface area contributed by atoms with Crippen LogP contribution in [-0.4, -0.2) is 9.38 Å². The summed E-state index contributed by atoms with van der Waals surface area (Å²) in [7, 11) is 0. The molecule has 0 aliphatic carbocycles. The smallest absolute Gasteiger partial charge is 0.194 e. The van der Waals surface area contributed by atoms with Crippen LogP contribution in [-0.2, 0) is 11.8 Å². The second-order valence-corrected chi connectivity index (χ2v) is 8.11. The molecule has 3 aromatic rings. The van der Waals surface area contributed by atoms with E-state index < -0.39 is 0 Å². The number of hydrogen-bond donors (Lipinski definition) is 0. The average Bonchev–Trinajstić information content (AvgIpc) is 2.97. The van der Waals surface area contributed by atoms with Gasteiger partial charge in [-0.3, -0.25) is 4.40 Å². The minimum atomic E-state index is 0.135. The maximum absolute atomic E-state index is 9.23. The van der Waals surface area contributed by atoms with E-state index in [1.807, 2.05) is 0 Å². The monoisotopic (exact) mass is 323 g/mol. The van der Waals surface area contributed by atoms with Crippen molar-refractivity contribution in [2.45, 2.75) is 46.5 Å². The predicted octanol–water partition coefficient (Wildman–Crippen LogP) is 5.04. The third kappa shape index (κ3) is 2.66. The third-order valence-corrected chi connectivity index (χ3v) is 5.36. The van der Waals surface area contributed by atoms with Crippen LogP contribution < -0.4 is 0 Å². The molecule has 3 nitrogen and oxygen atoms in total. The van der Waals surface area contributed by atoms with Crippen LogP contribution in [0.1, 0.15) is 42.6 Å². The first-order valence-corrected chi connectivity index (χ1v) is 8.59. The highest BCUT2D eigenvalue weighted by Crippen LogP contribution is 2.32. The molecule has 0 saturated carbocycles. The largest absolute Gasteiger partial charge is 0.290 e. The Morgan fingerprint density at radius 3 is 2.39 bits per heavy atom. The van der Waals surface area contributed by atoms with Crippen molar-refractivity contribution < 1.29 is 0 Å². The van der Waals surface area contributed by atoms with Crippen LogP contribution in [0.25, 0.3) is 16.2 Å². The highest BCUT2D eigenvalue weighted by atomic mass is 32.1. The molecule has 3 rings (SSSR count). The Hall–Kier alpha value is -2.12. The number of benzene rings is 1. The van der Waals surface area contributed by atoms with Crippen molar-refractivity contribution in [3.63, 3.8) is 0 Å². The van der Waals surface area contributed by atoms with Gasteiger partial charge in [0.2, 0.25) is 0 Å².